The van der Waals surface area contributed by atoms with Gasteiger partial charge in [-0.25, -0.2) is 0 Å². The Kier molecular flexibility index (Phi) is 4.35. The van der Waals surface area contributed by atoms with E-state index in [0.717, 1.165) is 17.5 Å². The lowest BCUT2D eigenvalue weighted by molar-refractivity contribution is -0.119. The van der Waals surface area contributed by atoms with Crippen LogP contribution in [0, 0.1) is 0 Å². The van der Waals surface area contributed by atoms with Crippen LogP contribution in [0.5, 0.6) is 0 Å². The Hall–Kier alpha value is -2.09. The molecule has 2 rings (SSSR count). The van der Waals surface area contributed by atoms with Crippen molar-refractivity contribution in [2.45, 2.75) is 25.7 Å². The molecule has 0 bridgehead atoms. The average molecular weight is 253 g/mol. The molecule has 1 unspecified atom stereocenters. The van der Waals surface area contributed by atoms with E-state index in [1.54, 1.807) is 0 Å². The molecule has 2 aromatic carbocycles. The van der Waals surface area contributed by atoms with Crippen molar-refractivity contribution >= 4 is 5.91 Å². The van der Waals surface area contributed by atoms with E-state index in [1.807, 2.05) is 42.5 Å². The first-order valence-electron chi connectivity index (χ1n) is 6.62. The predicted octanol–water partition coefficient (Wildman–Crippen LogP) is 3.06. The van der Waals surface area contributed by atoms with Crippen molar-refractivity contribution in [1.29, 1.82) is 0 Å². The van der Waals surface area contributed by atoms with Gasteiger partial charge in [-0.05, 0) is 29.5 Å². The summed E-state index contributed by atoms with van der Waals surface area (Å²) in [5.74, 6) is -0.522. The summed E-state index contributed by atoms with van der Waals surface area (Å²) in [6.07, 6.45) is 1.62. The van der Waals surface area contributed by atoms with Crippen LogP contribution in [0.1, 0.15) is 29.5 Å². The standard InChI is InChI=1S/C17H19NO/c1-2-13-9-6-10-15(11-13)16(17(18)19)12-14-7-4-3-5-8-14/h3-11,16H,2,12H2,1H3,(H2,18,19). The highest BCUT2D eigenvalue weighted by atomic mass is 16.1. The second-order valence-electron chi connectivity index (χ2n) is 4.74. The molecule has 2 aromatic rings. The summed E-state index contributed by atoms with van der Waals surface area (Å²) >= 11 is 0. The average Bonchev–Trinajstić information content (AvgIpc) is 2.45. The summed E-state index contributed by atoms with van der Waals surface area (Å²) in [4.78, 5) is 11.7. The van der Waals surface area contributed by atoms with E-state index in [4.69, 9.17) is 5.73 Å². The van der Waals surface area contributed by atoms with Gasteiger partial charge in [-0.1, -0.05) is 61.5 Å². The van der Waals surface area contributed by atoms with Crippen molar-refractivity contribution in [2.75, 3.05) is 0 Å². The number of benzene rings is 2. The topological polar surface area (TPSA) is 43.1 Å². The fraction of sp³-hybridized carbons (Fsp3) is 0.235. The Labute approximate surface area is 114 Å². The van der Waals surface area contributed by atoms with E-state index in [2.05, 4.69) is 19.1 Å². The molecule has 0 aromatic heterocycles. The molecule has 0 aliphatic heterocycles. The quantitative estimate of drug-likeness (QED) is 0.874. The highest BCUT2D eigenvalue weighted by Gasteiger charge is 2.18. The van der Waals surface area contributed by atoms with E-state index in [0.29, 0.717) is 6.42 Å². The van der Waals surface area contributed by atoms with E-state index in [-0.39, 0.29) is 11.8 Å². The molecule has 0 heterocycles. The van der Waals surface area contributed by atoms with Gasteiger partial charge >= 0.3 is 0 Å². The van der Waals surface area contributed by atoms with E-state index in [9.17, 15) is 4.79 Å². The molecule has 1 amide bonds. The van der Waals surface area contributed by atoms with Gasteiger partial charge in [0.2, 0.25) is 5.91 Å². The van der Waals surface area contributed by atoms with Crippen molar-refractivity contribution in [3.63, 3.8) is 0 Å². The fourth-order valence-corrected chi connectivity index (χ4v) is 2.26. The monoisotopic (exact) mass is 253 g/mol. The molecule has 0 spiro atoms. The van der Waals surface area contributed by atoms with E-state index >= 15 is 0 Å². The maximum Gasteiger partial charge on any atom is 0.225 e. The molecule has 0 saturated heterocycles. The Morgan fingerprint density at radius 3 is 2.37 bits per heavy atom. The van der Waals surface area contributed by atoms with Gasteiger partial charge < -0.3 is 5.73 Å². The second kappa shape index (κ2) is 6.19. The minimum Gasteiger partial charge on any atom is -0.369 e. The molecule has 0 aliphatic carbocycles. The molecule has 1 atom stereocenters. The maximum absolute atomic E-state index is 11.7. The van der Waals surface area contributed by atoms with Crippen LogP contribution in [-0.2, 0) is 17.6 Å². The van der Waals surface area contributed by atoms with Crippen LogP contribution in [-0.4, -0.2) is 5.91 Å². The minimum absolute atomic E-state index is 0.256. The number of amides is 1. The number of hydrogen-bond acceptors (Lipinski definition) is 1. The SMILES string of the molecule is CCc1cccc(C(Cc2ccccc2)C(N)=O)c1. The Morgan fingerprint density at radius 2 is 1.74 bits per heavy atom. The van der Waals surface area contributed by atoms with Crippen molar-refractivity contribution in [3.05, 3.63) is 71.3 Å². The normalized spacial score (nSPS) is 12.1. The Balaban J connectivity index is 2.27. The number of hydrogen-bond donors (Lipinski definition) is 1. The van der Waals surface area contributed by atoms with Crippen LogP contribution in [0.2, 0.25) is 0 Å². The minimum atomic E-state index is -0.267. The van der Waals surface area contributed by atoms with Crippen LogP contribution >= 0.6 is 0 Å². The lowest BCUT2D eigenvalue weighted by atomic mass is 9.90. The first-order chi connectivity index (χ1) is 9.20. The summed E-state index contributed by atoms with van der Waals surface area (Å²) < 4.78 is 0. The molecule has 2 heteroatoms. The first-order valence-corrected chi connectivity index (χ1v) is 6.62. The first kappa shape index (κ1) is 13.3. The third kappa shape index (κ3) is 3.44. The number of rotatable bonds is 5. The highest BCUT2D eigenvalue weighted by Crippen LogP contribution is 2.22. The molecule has 0 fully saturated rings. The number of primary amides is 1. The third-order valence-corrected chi connectivity index (χ3v) is 3.39. The smallest absolute Gasteiger partial charge is 0.225 e. The number of nitrogens with two attached hydrogens (primary N) is 1. The molecule has 98 valence electrons. The van der Waals surface area contributed by atoms with Crippen molar-refractivity contribution in [2.24, 2.45) is 5.73 Å². The highest BCUT2D eigenvalue weighted by molar-refractivity contribution is 5.82. The maximum atomic E-state index is 11.7. The number of carbonyl (C=O) groups is 1. The number of carbonyl (C=O) groups excluding carboxylic acids is 1. The van der Waals surface area contributed by atoms with Gasteiger partial charge in [-0.15, -0.1) is 0 Å². The zero-order valence-electron chi connectivity index (χ0n) is 11.2. The molecule has 0 radical (unpaired) electrons. The van der Waals surface area contributed by atoms with Gasteiger partial charge in [-0.3, -0.25) is 4.79 Å². The van der Waals surface area contributed by atoms with Gasteiger partial charge in [0.05, 0.1) is 5.92 Å². The summed E-state index contributed by atoms with van der Waals surface area (Å²) in [7, 11) is 0. The Morgan fingerprint density at radius 1 is 1.05 bits per heavy atom. The van der Waals surface area contributed by atoms with Gasteiger partial charge in [-0.2, -0.15) is 0 Å². The summed E-state index contributed by atoms with van der Waals surface area (Å²) in [6.45, 7) is 2.11. The van der Waals surface area contributed by atoms with Crippen molar-refractivity contribution < 1.29 is 4.79 Å². The molecule has 19 heavy (non-hydrogen) atoms. The largest absolute Gasteiger partial charge is 0.369 e. The van der Waals surface area contributed by atoms with Gasteiger partial charge in [0.25, 0.3) is 0 Å². The predicted molar refractivity (Wildman–Crippen MR) is 77.9 cm³/mol. The Bertz CT molecular complexity index is 548. The van der Waals surface area contributed by atoms with Crippen molar-refractivity contribution in [3.8, 4) is 0 Å². The summed E-state index contributed by atoms with van der Waals surface area (Å²) in [6, 6.07) is 18.1. The van der Waals surface area contributed by atoms with Crippen LogP contribution < -0.4 is 5.73 Å². The number of aryl methyl sites for hydroxylation is 1. The summed E-state index contributed by atoms with van der Waals surface area (Å²) in [5, 5.41) is 0. The van der Waals surface area contributed by atoms with Crippen LogP contribution in [0.25, 0.3) is 0 Å². The molecule has 0 saturated carbocycles. The van der Waals surface area contributed by atoms with Crippen molar-refractivity contribution in [1.82, 2.24) is 0 Å². The van der Waals surface area contributed by atoms with Crippen LogP contribution in [0.4, 0.5) is 0 Å². The summed E-state index contributed by atoms with van der Waals surface area (Å²) in [5.41, 5.74) is 8.94. The van der Waals surface area contributed by atoms with Crippen LogP contribution in [0.3, 0.4) is 0 Å². The molecule has 2 nitrogen and oxygen atoms in total. The third-order valence-electron chi connectivity index (χ3n) is 3.39. The van der Waals surface area contributed by atoms with E-state index < -0.39 is 0 Å². The van der Waals surface area contributed by atoms with Gasteiger partial charge in [0.1, 0.15) is 0 Å². The van der Waals surface area contributed by atoms with Gasteiger partial charge in [0, 0.05) is 0 Å². The van der Waals surface area contributed by atoms with Crippen LogP contribution in [0.15, 0.2) is 54.6 Å². The van der Waals surface area contributed by atoms with Gasteiger partial charge in [0.15, 0.2) is 0 Å². The fourth-order valence-electron chi connectivity index (χ4n) is 2.26. The zero-order valence-corrected chi connectivity index (χ0v) is 11.2. The second-order valence-corrected chi connectivity index (χ2v) is 4.74. The van der Waals surface area contributed by atoms with E-state index in [1.165, 1.54) is 5.56 Å². The molecule has 2 N–H and O–H groups in total. The lowest BCUT2D eigenvalue weighted by Gasteiger charge is -2.15. The lowest BCUT2D eigenvalue weighted by Crippen LogP contribution is -2.23. The molecular formula is C17H19NO. The molecular weight excluding hydrogens is 234 g/mol. The molecule has 0 aliphatic rings. The zero-order chi connectivity index (χ0) is 13.7.